The molecule has 0 saturated heterocycles. The first-order chi connectivity index (χ1) is 18.3. The molecule has 5 rings (SSSR count). The van der Waals surface area contributed by atoms with Gasteiger partial charge in [-0.2, -0.15) is 0 Å². The van der Waals surface area contributed by atoms with Crippen LogP contribution in [0.5, 0.6) is 0 Å². The van der Waals surface area contributed by atoms with Crippen LogP contribution in [0.15, 0.2) is 152 Å². The zero-order valence-corrected chi connectivity index (χ0v) is 21.9. The molecule has 182 valence electrons. The van der Waals surface area contributed by atoms with E-state index in [1.807, 2.05) is 41.3 Å². The molecule has 0 aliphatic carbocycles. The lowest BCUT2D eigenvalue weighted by Gasteiger charge is -2.35. The molecule has 0 spiro atoms. The number of hydrogen-bond donors (Lipinski definition) is 0. The van der Waals surface area contributed by atoms with Gasteiger partial charge in [-0.25, -0.2) is 0 Å². The van der Waals surface area contributed by atoms with E-state index in [-0.39, 0.29) is 5.91 Å². The molecule has 1 amide bonds. The number of carbonyl (C=O) groups excluding carboxylic acids is 1. The number of hydrogen-bond acceptors (Lipinski definition) is 1. The van der Waals surface area contributed by atoms with Crippen molar-refractivity contribution in [2.24, 2.45) is 0 Å². The minimum atomic E-state index is -2.68. The van der Waals surface area contributed by atoms with Gasteiger partial charge in [-0.15, -0.1) is 0 Å². The fourth-order valence-electron chi connectivity index (χ4n) is 5.15. The summed E-state index contributed by atoms with van der Waals surface area (Å²) in [5, 5.41) is 3.75. The molecule has 0 radical (unpaired) electrons. The summed E-state index contributed by atoms with van der Waals surface area (Å²) in [5.41, 5.74) is 2.27. The van der Waals surface area contributed by atoms with Crippen LogP contribution in [-0.2, 0) is 17.9 Å². The molecule has 0 fully saturated rings. The van der Waals surface area contributed by atoms with Crippen molar-refractivity contribution in [3.8, 4) is 0 Å². The van der Waals surface area contributed by atoms with Gasteiger partial charge in [-0.1, -0.05) is 152 Å². The van der Waals surface area contributed by atoms with Gasteiger partial charge < -0.3 is 4.90 Å². The molecule has 0 aromatic heterocycles. The van der Waals surface area contributed by atoms with Crippen molar-refractivity contribution in [3.05, 3.63) is 163 Å². The molecule has 0 bridgehead atoms. The molecule has 37 heavy (non-hydrogen) atoms. The Morgan fingerprint density at radius 3 is 1.08 bits per heavy atom. The van der Waals surface area contributed by atoms with Crippen molar-refractivity contribution in [2.75, 3.05) is 0 Å². The Kier molecular flexibility index (Phi) is 7.73. The Morgan fingerprint density at radius 1 is 0.459 bits per heavy atom. The van der Waals surface area contributed by atoms with Gasteiger partial charge in [0.15, 0.2) is 8.07 Å². The van der Waals surface area contributed by atoms with Gasteiger partial charge in [0, 0.05) is 19.1 Å². The summed E-state index contributed by atoms with van der Waals surface area (Å²) in [4.78, 5) is 16.5. The van der Waals surface area contributed by atoms with Gasteiger partial charge in [0.2, 0.25) is 5.91 Å². The molecule has 0 unspecified atom stereocenters. The van der Waals surface area contributed by atoms with E-state index >= 15 is 0 Å². The molecule has 0 aliphatic heterocycles. The highest BCUT2D eigenvalue weighted by atomic mass is 28.3. The standard InChI is InChI=1S/C34H31NOSi/c36-34(35(26-29-16-6-1-7-17-29)27-30-18-8-2-9-19-30)28-37(31-20-10-3-11-21-31,32-22-12-4-13-23-32)33-24-14-5-15-25-33/h1-25H,26-28H2. The predicted octanol–water partition coefficient (Wildman–Crippen LogP) is 5.39. The predicted molar refractivity (Wildman–Crippen MR) is 156 cm³/mol. The molecule has 2 nitrogen and oxygen atoms in total. The second-order valence-electron chi connectivity index (χ2n) is 9.40. The van der Waals surface area contributed by atoms with Crippen LogP contribution in [0.4, 0.5) is 0 Å². The van der Waals surface area contributed by atoms with Crippen molar-refractivity contribution in [1.29, 1.82) is 0 Å². The van der Waals surface area contributed by atoms with E-state index in [2.05, 4.69) is 115 Å². The first-order valence-corrected chi connectivity index (χ1v) is 15.0. The second kappa shape index (κ2) is 11.7. The fraction of sp³-hybridized carbons (Fsp3) is 0.0882. The zero-order valence-electron chi connectivity index (χ0n) is 20.9. The van der Waals surface area contributed by atoms with E-state index in [0.717, 1.165) is 11.1 Å². The first-order valence-electron chi connectivity index (χ1n) is 12.8. The molecule has 5 aromatic carbocycles. The topological polar surface area (TPSA) is 20.3 Å². The van der Waals surface area contributed by atoms with Crippen LogP contribution in [0.2, 0.25) is 6.04 Å². The quantitative estimate of drug-likeness (QED) is 0.198. The normalized spacial score (nSPS) is 11.1. The summed E-state index contributed by atoms with van der Waals surface area (Å²) in [7, 11) is -2.68. The van der Waals surface area contributed by atoms with Crippen molar-refractivity contribution >= 4 is 29.5 Å². The second-order valence-corrected chi connectivity index (χ2v) is 13.3. The van der Waals surface area contributed by atoms with E-state index < -0.39 is 8.07 Å². The lowest BCUT2D eigenvalue weighted by Crippen LogP contribution is -2.68. The van der Waals surface area contributed by atoms with E-state index in [1.54, 1.807) is 0 Å². The monoisotopic (exact) mass is 497 g/mol. The molecule has 0 heterocycles. The minimum absolute atomic E-state index is 0.177. The maximum absolute atomic E-state index is 14.4. The number of amides is 1. The SMILES string of the molecule is O=C(C[Si](c1ccccc1)(c1ccccc1)c1ccccc1)N(Cc1ccccc1)Cc1ccccc1. The number of nitrogens with zero attached hydrogens (tertiary/aromatic N) is 1. The average Bonchev–Trinajstić information content (AvgIpc) is 2.98. The lowest BCUT2D eigenvalue weighted by molar-refractivity contribution is -0.130. The van der Waals surface area contributed by atoms with Crippen LogP contribution in [-0.4, -0.2) is 18.9 Å². The summed E-state index contributed by atoms with van der Waals surface area (Å²) < 4.78 is 0. The van der Waals surface area contributed by atoms with E-state index in [0.29, 0.717) is 19.1 Å². The third kappa shape index (κ3) is 5.63. The molecule has 0 saturated carbocycles. The highest BCUT2D eigenvalue weighted by Crippen LogP contribution is 2.18. The Morgan fingerprint density at radius 2 is 0.757 bits per heavy atom. The van der Waals surface area contributed by atoms with Crippen LogP contribution in [0.3, 0.4) is 0 Å². The Balaban J connectivity index is 1.61. The van der Waals surface area contributed by atoms with Gasteiger partial charge >= 0.3 is 0 Å². The van der Waals surface area contributed by atoms with Crippen molar-refractivity contribution in [2.45, 2.75) is 19.1 Å². The Hall–Kier alpha value is -4.21. The van der Waals surface area contributed by atoms with E-state index in [4.69, 9.17) is 0 Å². The maximum Gasteiger partial charge on any atom is 0.221 e. The molecule has 5 aromatic rings. The van der Waals surface area contributed by atoms with Crippen LogP contribution in [0, 0.1) is 0 Å². The summed E-state index contributed by atoms with van der Waals surface area (Å²) in [6.07, 6.45) is 0. The third-order valence-corrected chi connectivity index (χ3v) is 11.8. The third-order valence-electron chi connectivity index (χ3n) is 7.00. The number of carbonyl (C=O) groups is 1. The molecular weight excluding hydrogens is 466 g/mol. The van der Waals surface area contributed by atoms with E-state index in [9.17, 15) is 4.79 Å². The van der Waals surface area contributed by atoms with Gasteiger partial charge in [0.1, 0.15) is 0 Å². The summed E-state index contributed by atoms with van der Waals surface area (Å²) in [5.74, 6) is 0.177. The number of rotatable bonds is 9. The number of benzene rings is 5. The Labute approximate surface area is 220 Å². The van der Waals surface area contributed by atoms with E-state index in [1.165, 1.54) is 15.6 Å². The molecule has 0 atom stereocenters. The van der Waals surface area contributed by atoms with Gasteiger partial charge in [0.25, 0.3) is 0 Å². The van der Waals surface area contributed by atoms with Gasteiger partial charge in [-0.05, 0) is 26.7 Å². The zero-order chi connectivity index (χ0) is 25.3. The highest BCUT2D eigenvalue weighted by Gasteiger charge is 2.42. The van der Waals surface area contributed by atoms with Crippen LogP contribution in [0.1, 0.15) is 11.1 Å². The average molecular weight is 498 g/mol. The maximum atomic E-state index is 14.4. The van der Waals surface area contributed by atoms with Crippen molar-refractivity contribution in [3.63, 3.8) is 0 Å². The molecule has 0 N–H and O–H groups in total. The summed E-state index contributed by atoms with van der Waals surface area (Å²) in [6.45, 7) is 1.16. The molecule has 3 heteroatoms. The Bertz CT molecular complexity index is 1250. The van der Waals surface area contributed by atoms with Crippen molar-refractivity contribution < 1.29 is 4.79 Å². The van der Waals surface area contributed by atoms with Gasteiger partial charge in [-0.3, -0.25) is 4.79 Å². The van der Waals surface area contributed by atoms with Crippen molar-refractivity contribution in [1.82, 2.24) is 4.90 Å². The largest absolute Gasteiger partial charge is 0.334 e. The fourth-order valence-corrected chi connectivity index (χ4v) is 9.73. The van der Waals surface area contributed by atoms with Crippen LogP contribution >= 0.6 is 0 Å². The molecule has 0 aliphatic rings. The smallest absolute Gasteiger partial charge is 0.221 e. The van der Waals surface area contributed by atoms with Crippen LogP contribution in [0.25, 0.3) is 0 Å². The lowest BCUT2D eigenvalue weighted by atomic mass is 10.1. The highest BCUT2D eigenvalue weighted by molar-refractivity contribution is 7.12. The minimum Gasteiger partial charge on any atom is -0.334 e. The summed E-state index contributed by atoms with van der Waals surface area (Å²) in [6, 6.07) is 53.0. The molecular formula is C34H31NOSi. The van der Waals surface area contributed by atoms with Crippen LogP contribution < -0.4 is 15.6 Å². The van der Waals surface area contributed by atoms with Gasteiger partial charge in [0.05, 0.1) is 0 Å². The summed E-state index contributed by atoms with van der Waals surface area (Å²) >= 11 is 0. The first kappa shape index (κ1) is 24.5.